The van der Waals surface area contributed by atoms with Crippen molar-refractivity contribution >= 4 is 43.1 Å². The highest BCUT2D eigenvalue weighted by Gasteiger charge is 2.24. The second kappa shape index (κ2) is 17.0. The van der Waals surface area contributed by atoms with Gasteiger partial charge in [-0.1, -0.05) is 41.2 Å². The molecule has 2 aromatic carbocycles. The summed E-state index contributed by atoms with van der Waals surface area (Å²) in [4.78, 5) is 9.39. The molecule has 49 heavy (non-hydrogen) atoms. The smallest absolute Gasteiger partial charge is 0.274 e. The number of unbranched alkanes of at least 4 members (excludes halogenated alkanes) is 2. The van der Waals surface area contributed by atoms with Crippen molar-refractivity contribution in [1.29, 1.82) is 0 Å². The lowest BCUT2D eigenvalue weighted by atomic mass is 10.1. The van der Waals surface area contributed by atoms with Crippen LogP contribution in [-0.4, -0.2) is 69.8 Å². The first-order chi connectivity index (χ1) is 23.0. The summed E-state index contributed by atoms with van der Waals surface area (Å²) in [5.41, 5.74) is 2.33. The van der Waals surface area contributed by atoms with Crippen molar-refractivity contribution in [3.8, 4) is 21.9 Å². The molecule has 0 saturated carbocycles. The monoisotopic (exact) mass is 716 g/mol. The SMILES string of the molecule is CC(C)Oc1nc2c(OC(C)(C)C)ccc(C(O)CNCCCCCNCC(O)c3ccc(OC(C)(C)C)c4nc(OC(C)C)sc34)c2s1. The number of hydrogen-bond donors (Lipinski definition) is 4. The van der Waals surface area contributed by atoms with Crippen molar-refractivity contribution in [2.24, 2.45) is 0 Å². The Kier molecular flexibility index (Phi) is 13.5. The summed E-state index contributed by atoms with van der Waals surface area (Å²) < 4.78 is 25.9. The summed E-state index contributed by atoms with van der Waals surface area (Å²) >= 11 is 2.88. The van der Waals surface area contributed by atoms with Crippen LogP contribution in [0.2, 0.25) is 0 Å². The van der Waals surface area contributed by atoms with Crippen molar-refractivity contribution in [3.05, 3.63) is 35.4 Å². The lowest BCUT2D eigenvalue weighted by Gasteiger charge is -2.22. The van der Waals surface area contributed by atoms with Crippen LogP contribution in [0.15, 0.2) is 24.3 Å². The number of fused-ring (bicyclic) bond motifs is 2. The Morgan fingerprint density at radius 3 is 1.37 bits per heavy atom. The molecule has 12 heteroatoms. The summed E-state index contributed by atoms with van der Waals surface area (Å²) in [5.74, 6) is 1.38. The number of nitrogens with zero attached hydrogens (tertiary/aromatic N) is 2. The average Bonchev–Trinajstić information content (AvgIpc) is 3.59. The number of aliphatic hydroxyl groups is 2. The molecule has 0 saturated heterocycles. The van der Waals surface area contributed by atoms with Crippen LogP contribution in [0.25, 0.3) is 20.4 Å². The van der Waals surface area contributed by atoms with E-state index in [9.17, 15) is 10.2 Å². The van der Waals surface area contributed by atoms with Gasteiger partial charge in [-0.2, -0.15) is 9.97 Å². The molecule has 4 N–H and O–H groups in total. The molecular weight excluding hydrogens is 661 g/mol. The zero-order valence-corrected chi connectivity index (χ0v) is 32.4. The van der Waals surface area contributed by atoms with E-state index in [0.717, 1.165) is 63.9 Å². The molecule has 0 bridgehead atoms. The minimum Gasteiger partial charge on any atom is -0.486 e. The Morgan fingerprint density at radius 2 is 1.02 bits per heavy atom. The van der Waals surface area contributed by atoms with Crippen molar-refractivity contribution in [2.45, 2.75) is 124 Å². The largest absolute Gasteiger partial charge is 0.486 e. The molecule has 0 aliphatic carbocycles. The molecule has 0 aliphatic rings. The van der Waals surface area contributed by atoms with E-state index in [1.165, 1.54) is 22.7 Å². The van der Waals surface area contributed by atoms with Gasteiger partial charge in [-0.15, -0.1) is 0 Å². The number of aromatic nitrogens is 2. The number of nitrogens with one attached hydrogen (secondary N) is 2. The number of ether oxygens (including phenoxy) is 4. The van der Waals surface area contributed by atoms with Gasteiger partial charge >= 0.3 is 0 Å². The minimum absolute atomic E-state index is 0.00225. The van der Waals surface area contributed by atoms with E-state index in [-0.39, 0.29) is 23.4 Å². The van der Waals surface area contributed by atoms with Gasteiger partial charge in [0.05, 0.1) is 33.8 Å². The number of benzene rings is 2. The molecular formula is C37H56N4O6S2. The van der Waals surface area contributed by atoms with Crippen LogP contribution < -0.4 is 29.6 Å². The van der Waals surface area contributed by atoms with E-state index >= 15 is 0 Å². The van der Waals surface area contributed by atoms with Crippen LogP contribution in [0.4, 0.5) is 0 Å². The Bertz CT molecular complexity index is 1520. The Hall–Kier alpha value is -2.74. The quantitative estimate of drug-likeness (QED) is 0.0754. The third kappa shape index (κ3) is 11.7. The standard InChI is InChI=1S/C37H56N4O6S2/c1-22(2)44-34-40-30-28(46-36(5,6)7)16-14-24(32(30)48-34)26(42)20-38-18-12-11-13-19-39-21-27(43)25-15-17-29(47-37(8,9)10)31-33(25)49-35(41-31)45-23(3)4/h14-17,22-23,26-27,38-39,42-43H,11-13,18-21H2,1-10H3. The first-order valence-corrected chi connectivity index (χ1v) is 19.0. The second-order valence-corrected chi connectivity index (χ2v) is 16.8. The Labute approximate surface area is 299 Å². The molecule has 2 aromatic heterocycles. The fourth-order valence-electron chi connectivity index (χ4n) is 5.19. The van der Waals surface area contributed by atoms with E-state index in [1.807, 2.05) is 93.5 Å². The maximum absolute atomic E-state index is 11.1. The normalized spacial score (nSPS) is 13.8. The number of rotatable bonds is 18. The van der Waals surface area contributed by atoms with Crippen molar-refractivity contribution in [1.82, 2.24) is 20.6 Å². The van der Waals surface area contributed by atoms with Gasteiger partial charge in [-0.3, -0.25) is 0 Å². The van der Waals surface area contributed by atoms with Crippen LogP contribution in [0.5, 0.6) is 21.9 Å². The lowest BCUT2D eigenvalue weighted by molar-refractivity contribution is 0.132. The lowest BCUT2D eigenvalue weighted by Crippen LogP contribution is -2.24. The van der Waals surface area contributed by atoms with Crippen LogP contribution in [0, 0.1) is 0 Å². The maximum Gasteiger partial charge on any atom is 0.274 e. The van der Waals surface area contributed by atoms with Gasteiger partial charge in [0.15, 0.2) is 0 Å². The summed E-state index contributed by atoms with van der Waals surface area (Å²) in [6.45, 7) is 22.4. The Balaban J connectivity index is 1.23. The van der Waals surface area contributed by atoms with Crippen LogP contribution in [-0.2, 0) is 0 Å². The molecule has 2 atom stereocenters. The van der Waals surface area contributed by atoms with Crippen molar-refractivity contribution < 1.29 is 29.2 Å². The highest BCUT2D eigenvalue weighted by molar-refractivity contribution is 7.20. The zero-order chi connectivity index (χ0) is 35.9. The summed E-state index contributed by atoms with van der Waals surface area (Å²) in [5, 5.41) is 30.2. The zero-order valence-electron chi connectivity index (χ0n) is 30.8. The molecule has 0 amide bonds. The fourth-order valence-corrected chi connectivity index (χ4v) is 7.43. The minimum atomic E-state index is -0.686. The molecule has 0 fully saturated rings. The van der Waals surface area contributed by atoms with Crippen LogP contribution in [0.3, 0.4) is 0 Å². The maximum atomic E-state index is 11.1. The third-order valence-corrected chi connectivity index (χ3v) is 9.13. The van der Waals surface area contributed by atoms with Gasteiger partial charge < -0.3 is 39.8 Å². The summed E-state index contributed by atoms with van der Waals surface area (Å²) in [6, 6.07) is 7.65. The van der Waals surface area contributed by atoms with E-state index in [1.54, 1.807) is 0 Å². The number of aliphatic hydroxyl groups excluding tert-OH is 2. The highest BCUT2D eigenvalue weighted by Crippen LogP contribution is 2.41. The van der Waals surface area contributed by atoms with E-state index < -0.39 is 12.2 Å². The second-order valence-electron chi connectivity index (χ2n) is 14.9. The van der Waals surface area contributed by atoms with Gasteiger partial charge in [0.2, 0.25) is 0 Å². The molecule has 2 heterocycles. The highest BCUT2D eigenvalue weighted by atomic mass is 32.1. The van der Waals surface area contributed by atoms with Crippen LogP contribution >= 0.6 is 22.7 Å². The predicted molar refractivity (Wildman–Crippen MR) is 201 cm³/mol. The molecule has 4 rings (SSSR count). The van der Waals surface area contributed by atoms with Gasteiger partial charge in [0.1, 0.15) is 33.7 Å². The predicted octanol–water partition coefficient (Wildman–Crippen LogP) is 7.95. The van der Waals surface area contributed by atoms with Crippen molar-refractivity contribution in [3.63, 3.8) is 0 Å². The number of thiazole rings is 2. The molecule has 272 valence electrons. The third-order valence-electron chi connectivity index (χ3n) is 7.14. The van der Waals surface area contributed by atoms with E-state index in [2.05, 4.69) is 10.6 Å². The molecule has 0 aliphatic heterocycles. The molecule has 2 unspecified atom stereocenters. The summed E-state index contributed by atoms with van der Waals surface area (Å²) in [7, 11) is 0. The molecule has 0 radical (unpaired) electrons. The van der Waals surface area contributed by atoms with Crippen LogP contribution in [0.1, 0.15) is 112 Å². The van der Waals surface area contributed by atoms with Gasteiger partial charge in [0, 0.05) is 24.2 Å². The first kappa shape index (κ1) is 39.1. The molecule has 10 nitrogen and oxygen atoms in total. The average molecular weight is 717 g/mol. The van der Waals surface area contributed by atoms with Crippen molar-refractivity contribution in [2.75, 3.05) is 26.2 Å². The molecule has 0 spiro atoms. The topological polar surface area (TPSA) is 127 Å². The molecule has 4 aromatic rings. The van der Waals surface area contributed by atoms with Gasteiger partial charge in [0.25, 0.3) is 10.4 Å². The van der Waals surface area contributed by atoms with E-state index in [4.69, 9.17) is 28.9 Å². The summed E-state index contributed by atoms with van der Waals surface area (Å²) in [6.07, 6.45) is 1.61. The van der Waals surface area contributed by atoms with E-state index in [0.29, 0.717) is 35.0 Å². The van der Waals surface area contributed by atoms with Gasteiger partial charge in [-0.25, -0.2) is 0 Å². The first-order valence-electron chi connectivity index (χ1n) is 17.4. The van der Waals surface area contributed by atoms with Gasteiger partial charge in [-0.05, 0) is 107 Å². The Morgan fingerprint density at radius 1 is 0.633 bits per heavy atom. The number of hydrogen-bond acceptors (Lipinski definition) is 12. The fraction of sp³-hybridized carbons (Fsp3) is 0.622.